The predicted molar refractivity (Wildman–Crippen MR) is 181 cm³/mol. The normalized spacial score (nSPS) is 41.8. The van der Waals surface area contributed by atoms with Crippen LogP contribution < -0.4 is 5.32 Å². The highest BCUT2D eigenvalue weighted by Gasteiger charge is 2.58. The first-order valence-corrected chi connectivity index (χ1v) is 17.6. The van der Waals surface area contributed by atoms with Crippen molar-refractivity contribution in [1.82, 2.24) is 5.32 Å². The van der Waals surface area contributed by atoms with Crippen LogP contribution in [0.25, 0.3) is 0 Å². The van der Waals surface area contributed by atoms with Crippen molar-refractivity contribution in [2.75, 3.05) is 6.61 Å². The molecule has 4 rings (SSSR count). The van der Waals surface area contributed by atoms with Crippen LogP contribution in [0.1, 0.15) is 106 Å². The van der Waals surface area contributed by atoms with Gasteiger partial charge >= 0.3 is 5.97 Å². The first kappa shape index (κ1) is 37.8. The monoisotopic (exact) mass is 659 g/mol. The number of carbonyl (C=O) groups is 2. The van der Waals surface area contributed by atoms with Crippen LogP contribution in [0.2, 0.25) is 0 Å². The van der Waals surface area contributed by atoms with E-state index in [1.165, 1.54) is 18.1 Å². The van der Waals surface area contributed by atoms with Gasteiger partial charge in [-0.05, 0) is 105 Å². The lowest BCUT2D eigenvalue weighted by molar-refractivity contribution is -0.302. The van der Waals surface area contributed by atoms with Crippen LogP contribution in [-0.2, 0) is 19.1 Å². The minimum atomic E-state index is -1.36. The summed E-state index contributed by atoms with van der Waals surface area (Å²) in [5.41, 5.74) is 3.28. The second kappa shape index (κ2) is 14.4. The SMILES string of the molecule is C=C(C)C1CC=C(C)C(CCC2C(=C)CCC3C(C)(C)C(OC4OC(CO)C(O)C(O)C4NC(C)=O)CCC23C)C1(C)CCC(=O)O. The third kappa shape index (κ3) is 7.30. The molecule has 0 aromatic carbocycles. The summed E-state index contributed by atoms with van der Waals surface area (Å²) in [6.45, 7) is 23.2. The Bertz CT molecular complexity index is 1230. The molecule has 12 unspecified atom stereocenters. The van der Waals surface area contributed by atoms with Gasteiger partial charge in [0.05, 0.1) is 12.7 Å². The van der Waals surface area contributed by atoms with Crippen molar-refractivity contribution in [2.24, 2.45) is 39.9 Å². The Hall–Kier alpha value is -2.04. The average Bonchev–Trinajstić information content (AvgIpc) is 2.97. The molecule has 5 N–H and O–H groups in total. The zero-order chi connectivity index (χ0) is 35.1. The highest BCUT2D eigenvalue weighted by atomic mass is 16.7. The van der Waals surface area contributed by atoms with Crippen LogP contribution in [0.3, 0.4) is 0 Å². The molecule has 2 saturated carbocycles. The maximum absolute atomic E-state index is 12.0. The average molecular weight is 660 g/mol. The maximum Gasteiger partial charge on any atom is 0.303 e. The lowest BCUT2D eigenvalue weighted by Gasteiger charge is -2.61. The number of aliphatic hydroxyl groups is 3. The van der Waals surface area contributed by atoms with Crippen molar-refractivity contribution in [1.29, 1.82) is 0 Å². The zero-order valence-corrected chi connectivity index (χ0v) is 29.8. The number of aliphatic hydroxyl groups excluding tert-OH is 3. The highest BCUT2D eigenvalue weighted by Crippen LogP contribution is 2.63. The molecule has 12 atom stereocenters. The molecule has 1 heterocycles. The quantitative estimate of drug-likeness (QED) is 0.144. The Morgan fingerprint density at radius 2 is 1.74 bits per heavy atom. The molecule has 9 heteroatoms. The van der Waals surface area contributed by atoms with Crippen molar-refractivity contribution < 1.29 is 39.5 Å². The fourth-order valence-corrected chi connectivity index (χ4v) is 10.5. The number of carboxylic acid groups (broad SMARTS) is 1. The summed E-state index contributed by atoms with van der Waals surface area (Å²) in [7, 11) is 0. The lowest BCUT2D eigenvalue weighted by atomic mass is 9.46. The first-order chi connectivity index (χ1) is 21.9. The molecular weight excluding hydrogens is 598 g/mol. The van der Waals surface area contributed by atoms with Gasteiger partial charge in [-0.2, -0.15) is 0 Å². The van der Waals surface area contributed by atoms with Gasteiger partial charge < -0.3 is 35.2 Å². The van der Waals surface area contributed by atoms with Crippen LogP contribution in [0.5, 0.6) is 0 Å². The van der Waals surface area contributed by atoms with Gasteiger partial charge in [-0.25, -0.2) is 0 Å². The van der Waals surface area contributed by atoms with Gasteiger partial charge in [-0.15, -0.1) is 0 Å². The first-order valence-electron chi connectivity index (χ1n) is 17.6. The summed E-state index contributed by atoms with van der Waals surface area (Å²) in [5, 5.41) is 43.5. The van der Waals surface area contributed by atoms with Gasteiger partial charge in [0.1, 0.15) is 24.4 Å². The van der Waals surface area contributed by atoms with Crippen molar-refractivity contribution in [3.05, 3.63) is 36.0 Å². The molecule has 3 fully saturated rings. The van der Waals surface area contributed by atoms with E-state index < -0.39 is 43.2 Å². The number of ether oxygens (including phenoxy) is 2. The topological polar surface area (TPSA) is 146 Å². The van der Waals surface area contributed by atoms with Crippen LogP contribution >= 0.6 is 0 Å². The van der Waals surface area contributed by atoms with E-state index in [-0.39, 0.29) is 46.5 Å². The summed E-state index contributed by atoms with van der Waals surface area (Å²) in [6, 6.07) is -0.974. The van der Waals surface area contributed by atoms with E-state index in [0.717, 1.165) is 50.5 Å². The van der Waals surface area contributed by atoms with Gasteiger partial charge in [0.25, 0.3) is 0 Å². The predicted octanol–water partition coefficient (Wildman–Crippen LogP) is 5.53. The standard InChI is InChI=1S/C38H61NO8/c1-21(2)25-12-10-22(3)26(37(25,8)19-17-31(42)43)13-14-27-23(4)11-15-29-36(6,7)30(16-18-38(27,29)9)47-35-32(39-24(5)41)34(45)33(44)28(20-40)46-35/h10,25-30,32-35,40,44-45H,1,4,11-20H2,2-3,5-9H3,(H,39,41)(H,42,43). The maximum atomic E-state index is 12.0. The molecule has 266 valence electrons. The number of carboxylic acids is 1. The number of amides is 1. The number of carbonyl (C=O) groups excluding carboxylic acids is 1. The van der Waals surface area contributed by atoms with E-state index >= 15 is 0 Å². The fourth-order valence-electron chi connectivity index (χ4n) is 10.5. The smallest absolute Gasteiger partial charge is 0.303 e. The number of aliphatic carboxylic acids is 1. The van der Waals surface area contributed by atoms with E-state index in [2.05, 4.69) is 66.1 Å². The highest BCUT2D eigenvalue weighted by molar-refractivity contribution is 5.73. The Kier molecular flexibility index (Phi) is 11.6. The third-order valence-electron chi connectivity index (χ3n) is 13.1. The van der Waals surface area contributed by atoms with Crippen LogP contribution in [0.15, 0.2) is 36.0 Å². The molecule has 0 aromatic heterocycles. The van der Waals surface area contributed by atoms with Crippen molar-refractivity contribution in [3.8, 4) is 0 Å². The van der Waals surface area contributed by atoms with Crippen LogP contribution in [0.4, 0.5) is 0 Å². The molecule has 9 nitrogen and oxygen atoms in total. The van der Waals surface area contributed by atoms with E-state index in [4.69, 9.17) is 9.47 Å². The molecule has 1 aliphatic heterocycles. The van der Waals surface area contributed by atoms with Gasteiger partial charge in [-0.3, -0.25) is 9.59 Å². The van der Waals surface area contributed by atoms with Crippen molar-refractivity contribution in [2.45, 2.75) is 143 Å². The van der Waals surface area contributed by atoms with E-state index in [1.54, 1.807) is 0 Å². The second-order valence-electron chi connectivity index (χ2n) is 16.3. The molecule has 0 bridgehead atoms. The van der Waals surface area contributed by atoms with Crippen molar-refractivity contribution >= 4 is 11.9 Å². The number of hydrogen-bond acceptors (Lipinski definition) is 7. The number of hydrogen-bond donors (Lipinski definition) is 5. The Labute approximate surface area is 281 Å². The Morgan fingerprint density at radius 1 is 1.09 bits per heavy atom. The largest absolute Gasteiger partial charge is 0.481 e. The summed E-state index contributed by atoms with van der Waals surface area (Å²) in [4.78, 5) is 23.7. The molecule has 47 heavy (non-hydrogen) atoms. The summed E-state index contributed by atoms with van der Waals surface area (Å²) in [5.74, 6) is -0.0144. The van der Waals surface area contributed by atoms with Gasteiger partial charge in [0.2, 0.25) is 5.91 Å². The van der Waals surface area contributed by atoms with Crippen LogP contribution in [-0.4, -0.2) is 75.7 Å². The second-order valence-corrected chi connectivity index (χ2v) is 16.3. The summed E-state index contributed by atoms with van der Waals surface area (Å²) in [6.07, 6.45) is 4.53. The number of allylic oxidation sites excluding steroid dienone is 4. The number of nitrogens with one attached hydrogen (secondary N) is 1. The molecule has 0 radical (unpaired) electrons. The van der Waals surface area contributed by atoms with E-state index in [0.29, 0.717) is 18.3 Å². The van der Waals surface area contributed by atoms with E-state index in [1.807, 2.05) is 0 Å². The molecule has 4 aliphatic rings. The van der Waals surface area contributed by atoms with E-state index in [9.17, 15) is 30.0 Å². The number of rotatable bonds is 11. The molecular formula is C38H61NO8. The van der Waals surface area contributed by atoms with Gasteiger partial charge in [0.15, 0.2) is 6.29 Å². The minimum absolute atomic E-state index is 0.0238. The molecule has 3 aliphatic carbocycles. The molecule has 1 amide bonds. The zero-order valence-electron chi connectivity index (χ0n) is 29.8. The molecule has 1 saturated heterocycles. The molecule has 0 aromatic rings. The Balaban J connectivity index is 1.56. The minimum Gasteiger partial charge on any atom is -0.481 e. The number of fused-ring (bicyclic) bond motifs is 1. The summed E-state index contributed by atoms with van der Waals surface area (Å²) < 4.78 is 12.6. The van der Waals surface area contributed by atoms with Crippen LogP contribution in [0, 0.1) is 39.9 Å². The lowest BCUT2D eigenvalue weighted by Crippen LogP contribution is -2.66. The van der Waals surface area contributed by atoms with Gasteiger partial charge in [-0.1, -0.05) is 63.6 Å². The van der Waals surface area contributed by atoms with Gasteiger partial charge in [0, 0.05) is 13.3 Å². The molecule has 0 spiro atoms. The third-order valence-corrected chi connectivity index (χ3v) is 13.1. The fraction of sp³-hybridized carbons (Fsp3) is 0.789. The summed E-state index contributed by atoms with van der Waals surface area (Å²) >= 11 is 0. The van der Waals surface area contributed by atoms with Crippen molar-refractivity contribution in [3.63, 3.8) is 0 Å². The Morgan fingerprint density at radius 3 is 2.34 bits per heavy atom.